The van der Waals surface area contributed by atoms with Crippen LogP contribution in [0.3, 0.4) is 0 Å². The highest BCUT2D eigenvalue weighted by atomic mass is 16.3. The first-order valence-electron chi connectivity index (χ1n) is 6.60. The van der Waals surface area contributed by atoms with Gasteiger partial charge in [-0.3, -0.25) is 0 Å². The third-order valence-corrected chi connectivity index (χ3v) is 3.23. The Morgan fingerprint density at radius 2 is 2.06 bits per heavy atom. The molecule has 2 rings (SSSR count). The number of H-pyrrole nitrogens is 1. The minimum Gasteiger partial charge on any atom is -0.395 e. The Morgan fingerprint density at radius 3 is 2.78 bits per heavy atom. The van der Waals surface area contributed by atoms with E-state index >= 15 is 0 Å². The summed E-state index contributed by atoms with van der Waals surface area (Å²) in [6.07, 6.45) is 3.04. The fourth-order valence-corrected chi connectivity index (χ4v) is 2.32. The predicted octanol–water partition coefficient (Wildman–Crippen LogP) is 2.66. The molecule has 1 unspecified atom stereocenters. The molecule has 18 heavy (non-hydrogen) atoms. The SMILES string of the molecule is CC(C)CC(CO)NCc1c[nH]c2ccccc12. The monoisotopic (exact) mass is 246 g/mol. The summed E-state index contributed by atoms with van der Waals surface area (Å²) in [5, 5.41) is 14.0. The first kappa shape index (κ1) is 13.1. The molecule has 0 aliphatic rings. The molecular weight excluding hydrogens is 224 g/mol. The van der Waals surface area contributed by atoms with E-state index in [-0.39, 0.29) is 12.6 Å². The third kappa shape index (κ3) is 3.12. The van der Waals surface area contributed by atoms with Gasteiger partial charge in [0.1, 0.15) is 0 Å². The fourth-order valence-electron chi connectivity index (χ4n) is 2.32. The van der Waals surface area contributed by atoms with E-state index in [1.165, 1.54) is 16.5 Å². The molecule has 0 spiro atoms. The Balaban J connectivity index is 2.01. The maximum Gasteiger partial charge on any atom is 0.0584 e. The molecule has 0 fully saturated rings. The van der Waals surface area contributed by atoms with Gasteiger partial charge in [0.15, 0.2) is 0 Å². The van der Waals surface area contributed by atoms with E-state index in [4.69, 9.17) is 0 Å². The van der Waals surface area contributed by atoms with Gasteiger partial charge in [-0.05, 0) is 24.0 Å². The number of nitrogens with one attached hydrogen (secondary N) is 2. The average Bonchev–Trinajstić information content (AvgIpc) is 2.77. The van der Waals surface area contributed by atoms with Gasteiger partial charge in [0, 0.05) is 29.7 Å². The van der Waals surface area contributed by atoms with Crippen LogP contribution >= 0.6 is 0 Å². The van der Waals surface area contributed by atoms with Crippen molar-refractivity contribution >= 4 is 10.9 Å². The van der Waals surface area contributed by atoms with Crippen LogP contribution in [0.5, 0.6) is 0 Å². The highest BCUT2D eigenvalue weighted by Gasteiger charge is 2.10. The van der Waals surface area contributed by atoms with Gasteiger partial charge in [-0.1, -0.05) is 32.0 Å². The number of fused-ring (bicyclic) bond motifs is 1. The molecule has 0 aliphatic heterocycles. The third-order valence-electron chi connectivity index (χ3n) is 3.23. The molecule has 1 aromatic heterocycles. The molecule has 0 amide bonds. The zero-order valence-corrected chi connectivity index (χ0v) is 11.1. The van der Waals surface area contributed by atoms with Gasteiger partial charge < -0.3 is 15.4 Å². The summed E-state index contributed by atoms with van der Waals surface area (Å²) in [6.45, 7) is 5.34. The molecule has 0 aliphatic carbocycles. The molecule has 1 aromatic carbocycles. The van der Waals surface area contributed by atoms with Crippen molar-refractivity contribution in [2.75, 3.05) is 6.61 Å². The fraction of sp³-hybridized carbons (Fsp3) is 0.467. The average molecular weight is 246 g/mol. The maximum absolute atomic E-state index is 9.35. The number of aliphatic hydroxyl groups is 1. The summed E-state index contributed by atoms with van der Waals surface area (Å²) in [7, 11) is 0. The van der Waals surface area contributed by atoms with Gasteiger partial charge >= 0.3 is 0 Å². The maximum atomic E-state index is 9.35. The molecule has 0 radical (unpaired) electrons. The largest absolute Gasteiger partial charge is 0.395 e. The molecule has 0 bridgehead atoms. The van der Waals surface area contributed by atoms with Crippen LogP contribution in [0.4, 0.5) is 0 Å². The van der Waals surface area contributed by atoms with Crippen LogP contribution in [0.15, 0.2) is 30.5 Å². The number of hydrogen-bond acceptors (Lipinski definition) is 2. The normalized spacial score (nSPS) is 13.3. The van der Waals surface area contributed by atoms with Crippen LogP contribution in [-0.4, -0.2) is 22.7 Å². The topological polar surface area (TPSA) is 48.0 Å². The molecule has 3 nitrogen and oxygen atoms in total. The van der Waals surface area contributed by atoms with E-state index in [0.29, 0.717) is 5.92 Å². The summed E-state index contributed by atoms with van der Waals surface area (Å²) in [5.74, 6) is 0.595. The molecule has 1 atom stereocenters. The van der Waals surface area contributed by atoms with Crippen molar-refractivity contribution in [1.29, 1.82) is 0 Å². The van der Waals surface area contributed by atoms with Crippen molar-refractivity contribution in [3.63, 3.8) is 0 Å². The molecular formula is C15H22N2O. The summed E-state index contributed by atoms with van der Waals surface area (Å²) in [4.78, 5) is 3.27. The molecule has 0 saturated heterocycles. The molecule has 3 N–H and O–H groups in total. The van der Waals surface area contributed by atoms with Gasteiger partial charge in [0.05, 0.1) is 6.61 Å². The predicted molar refractivity (Wildman–Crippen MR) is 75.5 cm³/mol. The van der Waals surface area contributed by atoms with Crippen LogP contribution in [-0.2, 0) is 6.54 Å². The van der Waals surface area contributed by atoms with Gasteiger partial charge in [-0.25, -0.2) is 0 Å². The van der Waals surface area contributed by atoms with Crippen molar-refractivity contribution in [2.45, 2.75) is 32.9 Å². The minimum absolute atomic E-state index is 0.179. The van der Waals surface area contributed by atoms with Crippen LogP contribution in [0, 0.1) is 5.92 Å². The van der Waals surface area contributed by atoms with E-state index in [1.807, 2.05) is 12.3 Å². The number of aromatic nitrogens is 1. The van der Waals surface area contributed by atoms with Crippen molar-refractivity contribution in [3.05, 3.63) is 36.0 Å². The van der Waals surface area contributed by atoms with E-state index in [2.05, 4.69) is 42.3 Å². The quantitative estimate of drug-likeness (QED) is 0.734. The highest BCUT2D eigenvalue weighted by Crippen LogP contribution is 2.17. The van der Waals surface area contributed by atoms with Crippen molar-refractivity contribution in [3.8, 4) is 0 Å². The summed E-state index contributed by atoms with van der Waals surface area (Å²) in [6, 6.07) is 8.47. The lowest BCUT2D eigenvalue weighted by Gasteiger charge is -2.18. The number of aliphatic hydroxyl groups excluding tert-OH is 1. The van der Waals surface area contributed by atoms with E-state index < -0.39 is 0 Å². The number of para-hydroxylation sites is 1. The second kappa shape index (κ2) is 6.03. The number of aromatic amines is 1. The van der Waals surface area contributed by atoms with Crippen molar-refractivity contribution in [1.82, 2.24) is 10.3 Å². The second-order valence-corrected chi connectivity index (χ2v) is 5.25. The van der Waals surface area contributed by atoms with Gasteiger partial charge in [-0.2, -0.15) is 0 Å². The summed E-state index contributed by atoms with van der Waals surface area (Å²) in [5.41, 5.74) is 2.42. The summed E-state index contributed by atoms with van der Waals surface area (Å²) < 4.78 is 0. The lowest BCUT2D eigenvalue weighted by atomic mass is 10.0. The molecule has 2 aromatic rings. The van der Waals surface area contributed by atoms with Gasteiger partial charge in [0.2, 0.25) is 0 Å². The lowest BCUT2D eigenvalue weighted by Crippen LogP contribution is -2.33. The molecule has 98 valence electrons. The van der Waals surface area contributed by atoms with E-state index in [9.17, 15) is 5.11 Å². The lowest BCUT2D eigenvalue weighted by molar-refractivity contribution is 0.223. The first-order chi connectivity index (χ1) is 8.70. The van der Waals surface area contributed by atoms with Crippen molar-refractivity contribution < 1.29 is 5.11 Å². The van der Waals surface area contributed by atoms with Crippen LogP contribution in [0.1, 0.15) is 25.8 Å². The Labute approximate surface area is 108 Å². The molecule has 0 saturated carbocycles. The Morgan fingerprint density at radius 1 is 1.28 bits per heavy atom. The van der Waals surface area contributed by atoms with Crippen LogP contribution in [0.2, 0.25) is 0 Å². The summed E-state index contributed by atoms with van der Waals surface area (Å²) >= 11 is 0. The zero-order valence-electron chi connectivity index (χ0n) is 11.1. The van der Waals surface area contributed by atoms with Crippen LogP contribution in [0.25, 0.3) is 10.9 Å². The number of rotatable bonds is 6. The molecule has 3 heteroatoms. The van der Waals surface area contributed by atoms with Gasteiger partial charge in [0.25, 0.3) is 0 Å². The second-order valence-electron chi connectivity index (χ2n) is 5.25. The van der Waals surface area contributed by atoms with E-state index in [1.54, 1.807) is 0 Å². The standard InChI is InChI=1S/C15H22N2O/c1-11(2)7-13(10-18)16-8-12-9-17-15-6-4-3-5-14(12)15/h3-6,9,11,13,16-18H,7-8,10H2,1-2H3. The van der Waals surface area contributed by atoms with E-state index in [0.717, 1.165) is 13.0 Å². The number of hydrogen-bond donors (Lipinski definition) is 3. The zero-order chi connectivity index (χ0) is 13.0. The van der Waals surface area contributed by atoms with Crippen molar-refractivity contribution in [2.24, 2.45) is 5.92 Å². The Kier molecular flexibility index (Phi) is 4.39. The van der Waals surface area contributed by atoms with Gasteiger partial charge in [-0.15, -0.1) is 0 Å². The Hall–Kier alpha value is -1.32. The smallest absolute Gasteiger partial charge is 0.0584 e. The highest BCUT2D eigenvalue weighted by molar-refractivity contribution is 5.82. The minimum atomic E-state index is 0.179. The molecule has 1 heterocycles. The number of benzene rings is 1. The Bertz CT molecular complexity index is 490. The van der Waals surface area contributed by atoms with Crippen LogP contribution < -0.4 is 5.32 Å². The first-order valence-corrected chi connectivity index (χ1v) is 6.60.